The third kappa shape index (κ3) is 4.04. The Morgan fingerprint density at radius 2 is 1.83 bits per heavy atom. The number of anilines is 1. The average Bonchev–Trinajstić information content (AvgIpc) is 3.01. The van der Waals surface area contributed by atoms with Crippen LogP contribution in [-0.4, -0.2) is 43.4 Å². The summed E-state index contributed by atoms with van der Waals surface area (Å²) in [7, 11) is 1.75. The number of likely N-dealkylation sites (tertiary alicyclic amines) is 1. The van der Waals surface area contributed by atoms with Crippen LogP contribution in [0.25, 0.3) is 0 Å². The molecule has 6 heteroatoms. The lowest BCUT2D eigenvalue weighted by Gasteiger charge is -2.22. The largest absolute Gasteiger partial charge is 0.347 e. The molecule has 0 radical (unpaired) electrons. The van der Waals surface area contributed by atoms with E-state index in [9.17, 15) is 9.18 Å². The zero-order chi connectivity index (χ0) is 16.9. The third-order valence-electron chi connectivity index (χ3n) is 5.02. The molecule has 1 amide bonds. The predicted molar refractivity (Wildman–Crippen MR) is 93.4 cm³/mol. The Bertz CT molecular complexity index is 588. The first kappa shape index (κ1) is 16.7. The molecule has 1 aromatic rings. The summed E-state index contributed by atoms with van der Waals surface area (Å²) in [4.78, 5) is 18.6. The van der Waals surface area contributed by atoms with Gasteiger partial charge in [-0.25, -0.2) is 4.39 Å². The van der Waals surface area contributed by atoms with E-state index in [1.807, 2.05) is 0 Å². The normalized spacial score (nSPS) is 23.8. The minimum Gasteiger partial charge on any atom is -0.347 e. The van der Waals surface area contributed by atoms with Gasteiger partial charge >= 0.3 is 0 Å². The molecule has 2 aliphatic rings. The van der Waals surface area contributed by atoms with Crippen LogP contribution < -0.4 is 10.6 Å². The van der Waals surface area contributed by atoms with Crippen molar-refractivity contribution in [1.29, 1.82) is 0 Å². The van der Waals surface area contributed by atoms with E-state index in [1.54, 1.807) is 19.2 Å². The van der Waals surface area contributed by atoms with Crippen molar-refractivity contribution in [3.05, 3.63) is 30.1 Å². The molecule has 130 valence electrons. The molecule has 1 saturated heterocycles. The Labute approximate surface area is 142 Å². The Morgan fingerprint density at radius 1 is 1.21 bits per heavy atom. The van der Waals surface area contributed by atoms with Gasteiger partial charge in [0.2, 0.25) is 5.91 Å². The molecule has 0 bridgehead atoms. The Hall–Kier alpha value is -2.11. The summed E-state index contributed by atoms with van der Waals surface area (Å²) in [6.45, 7) is 2.21. The Morgan fingerprint density at radius 3 is 2.42 bits per heavy atom. The molecule has 1 aromatic carbocycles. The minimum atomic E-state index is -0.318. The monoisotopic (exact) mass is 332 g/mol. The summed E-state index contributed by atoms with van der Waals surface area (Å²) in [5.41, 5.74) is 0.588. The molecular weight excluding hydrogens is 307 g/mol. The summed E-state index contributed by atoms with van der Waals surface area (Å²) in [5.74, 6) is 1.84. The number of carbonyl (C=O) groups excluding carboxylic acids is 1. The molecule has 2 atom stereocenters. The number of guanidine groups is 1. The number of rotatable bonds is 3. The van der Waals surface area contributed by atoms with Crippen LogP contribution >= 0.6 is 0 Å². The fraction of sp³-hybridized carbons (Fsp3) is 0.556. The number of carbonyl (C=O) groups is 1. The Balaban J connectivity index is 1.49. The van der Waals surface area contributed by atoms with Gasteiger partial charge in [-0.3, -0.25) is 9.79 Å². The zero-order valence-electron chi connectivity index (χ0n) is 14.1. The van der Waals surface area contributed by atoms with Crippen molar-refractivity contribution >= 4 is 17.6 Å². The van der Waals surface area contributed by atoms with Crippen LogP contribution in [0.15, 0.2) is 29.3 Å². The van der Waals surface area contributed by atoms with Gasteiger partial charge in [-0.1, -0.05) is 12.8 Å². The maximum atomic E-state index is 12.9. The number of amides is 1. The second kappa shape index (κ2) is 7.64. The molecule has 1 aliphatic carbocycles. The predicted octanol–water partition coefficient (Wildman–Crippen LogP) is 2.46. The molecule has 3 rings (SSSR count). The number of nitrogens with zero attached hydrogens (tertiary/aromatic N) is 2. The van der Waals surface area contributed by atoms with Crippen LogP contribution in [0.3, 0.4) is 0 Å². The molecule has 2 unspecified atom stereocenters. The maximum absolute atomic E-state index is 12.9. The average molecular weight is 332 g/mol. The molecule has 24 heavy (non-hydrogen) atoms. The third-order valence-corrected chi connectivity index (χ3v) is 5.02. The van der Waals surface area contributed by atoms with Crippen LogP contribution in [0.4, 0.5) is 10.1 Å². The highest BCUT2D eigenvalue weighted by molar-refractivity contribution is 5.95. The first-order valence-corrected chi connectivity index (χ1v) is 8.66. The van der Waals surface area contributed by atoms with Gasteiger partial charge in [0, 0.05) is 25.8 Å². The number of aliphatic imine (C=N–C) groups is 1. The van der Waals surface area contributed by atoms with Gasteiger partial charge in [-0.2, -0.15) is 0 Å². The quantitative estimate of drug-likeness (QED) is 0.660. The van der Waals surface area contributed by atoms with E-state index in [0.29, 0.717) is 5.69 Å². The van der Waals surface area contributed by atoms with E-state index in [-0.39, 0.29) is 18.3 Å². The van der Waals surface area contributed by atoms with Crippen molar-refractivity contribution in [2.75, 3.05) is 32.0 Å². The molecule has 1 saturated carbocycles. The van der Waals surface area contributed by atoms with Gasteiger partial charge in [0.25, 0.3) is 0 Å². The van der Waals surface area contributed by atoms with Gasteiger partial charge in [0.1, 0.15) is 5.82 Å². The summed E-state index contributed by atoms with van der Waals surface area (Å²) in [6.07, 6.45) is 5.29. The molecule has 5 nitrogen and oxygen atoms in total. The highest BCUT2D eigenvalue weighted by atomic mass is 19.1. The van der Waals surface area contributed by atoms with Crippen LogP contribution in [0.5, 0.6) is 0 Å². The van der Waals surface area contributed by atoms with E-state index in [1.165, 1.54) is 37.8 Å². The van der Waals surface area contributed by atoms with E-state index in [0.717, 1.165) is 30.9 Å². The smallest absolute Gasteiger partial charge is 0.243 e. The Kier molecular flexibility index (Phi) is 5.33. The fourth-order valence-electron chi connectivity index (χ4n) is 3.81. The SMILES string of the molecule is CN=C(NCC(=O)Nc1ccc(F)cc1)N1CC2CCCCC2C1. The lowest BCUT2D eigenvalue weighted by atomic mass is 9.82. The molecule has 0 spiro atoms. The van der Waals surface area contributed by atoms with Gasteiger partial charge in [0.15, 0.2) is 5.96 Å². The molecule has 0 aromatic heterocycles. The van der Waals surface area contributed by atoms with E-state index < -0.39 is 0 Å². The number of benzene rings is 1. The second-order valence-corrected chi connectivity index (χ2v) is 6.67. The van der Waals surface area contributed by atoms with E-state index >= 15 is 0 Å². The van der Waals surface area contributed by atoms with E-state index in [2.05, 4.69) is 20.5 Å². The number of halogens is 1. The van der Waals surface area contributed by atoms with Gasteiger partial charge in [-0.05, 0) is 48.9 Å². The zero-order valence-corrected chi connectivity index (χ0v) is 14.1. The minimum absolute atomic E-state index is 0.149. The van der Waals surface area contributed by atoms with Crippen molar-refractivity contribution in [1.82, 2.24) is 10.2 Å². The van der Waals surface area contributed by atoms with Crippen LogP contribution in [0, 0.1) is 17.7 Å². The van der Waals surface area contributed by atoms with Gasteiger partial charge in [-0.15, -0.1) is 0 Å². The second-order valence-electron chi connectivity index (χ2n) is 6.67. The standard InChI is InChI=1S/C18H25FN4O/c1-20-18(23-11-13-4-2-3-5-14(13)12-23)21-10-17(24)22-16-8-6-15(19)7-9-16/h6-9,13-14H,2-5,10-12H2,1H3,(H,20,21)(H,22,24). The fourth-order valence-corrected chi connectivity index (χ4v) is 3.81. The molecule has 1 heterocycles. The summed E-state index contributed by atoms with van der Waals surface area (Å²) < 4.78 is 12.9. The van der Waals surface area contributed by atoms with Crippen LogP contribution in [0.2, 0.25) is 0 Å². The van der Waals surface area contributed by atoms with Crippen molar-refractivity contribution in [3.63, 3.8) is 0 Å². The number of hydrogen-bond donors (Lipinski definition) is 2. The van der Waals surface area contributed by atoms with Gasteiger partial charge in [0.05, 0.1) is 6.54 Å². The molecular formula is C18H25FN4O. The van der Waals surface area contributed by atoms with Crippen molar-refractivity contribution < 1.29 is 9.18 Å². The first-order chi connectivity index (χ1) is 11.7. The number of hydrogen-bond acceptors (Lipinski definition) is 2. The van der Waals surface area contributed by atoms with Crippen molar-refractivity contribution in [2.45, 2.75) is 25.7 Å². The lowest BCUT2D eigenvalue weighted by molar-refractivity contribution is -0.115. The highest BCUT2D eigenvalue weighted by Gasteiger charge is 2.35. The highest BCUT2D eigenvalue weighted by Crippen LogP contribution is 2.35. The first-order valence-electron chi connectivity index (χ1n) is 8.66. The van der Waals surface area contributed by atoms with Gasteiger partial charge < -0.3 is 15.5 Å². The topological polar surface area (TPSA) is 56.7 Å². The van der Waals surface area contributed by atoms with Crippen LogP contribution in [0.1, 0.15) is 25.7 Å². The lowest BCUT2D eigenvalue weighted by Crippen LogP contribution is -2.43. The van der Waals surface area contributed by atoms with Crippen molar-refractivity contribution in [3.8, 4) is 0 Å². The van der Waals surface area contributed by atoms with E-state index in [4.69, 9.17) is 0 Å². The molecule has 2 fully saturated rings. The van der Waals surface area contributed by atoms with Crippen LogP contribution in [-0.2, 0) is 4.79 Å². The number of nitrogens with one attached hydrogen (secondary N) is 2. The summed E-state index contributed by atoms with van der Waals surface area (Å²) in [6, 6.07) is 5.75. The summed E-state index contributed by atoms with van der Waals surface area (Å²) >= 11 is 0. The maximum Gasteiger partial charge on any atom is 0.243 e. The molecule has 1 aliphatic heterocycles. The van der Waals surface area contributed by atoms with Crippen molar-refractivity contribution in [2.24, 2.45) is 16.8 Å². The summed E-state index contributed by atoms with van der Waals surface area (Å²) in [5, 5.41) is 5.89. The molecule has 2 N–H and O–H groups in total. The number of fused-ring (bicyclic) bond motifs is 1.